The summed E-state index contributed by atoms with van der Waals surface area (Å²) in [6, 6.07) is 23.7. The average molecular weight is 531 g/mol. The minimum absolute atomic E-state index is 0.188. The van der Waals surface area contributed by atoms with Crippen LogP contribution in [0.3, 0.4) is 0 Å². The van der Waals surface area contributed by atoms with Crippen LogP contribution in [0, 0.1) is 0 Å². The van der Waals surface area contributed by atoms with E-state index in [9.17, 15) is 9.90 Å². The fraction of sp³-hybridized carbons (Fsp3) is 0.179. The Morgan fingerprint density at radius 2 is 1.80 bits per heavy atom. The van der Waals surface area contributed by atoms with E-state index >= 15 is 0 Å². The molecule has 35 heavy (non-hydrogen) atoms. The molecule has 2 aromatic heterocycles. The number of hydrogen-bond donors (Lipinski definition) is 2. The van der Waals surface area contributed by atoms with Gasteiger partial charge in [-0.2, -0.15) is 5.10 Å². The third kappa shape index (κ3) is 7.21. The lowest BCUT2D eigenvalue weighted by molar-refractivity contribution is 0.0683. The summed E-state index contributed by atoms with van der Waals surface area (Å²) in [6.45, 7) is 2.18. The van der Waals surface area contributed by atoms with Gasteiger partial charge >= 0.3 is 5.97 Å². The molecule has 6 nitrogen and oxygen atoms in total. The molecule has 2 aromatic carbocycles. The van der Waals surface area contributed by atoms with E-state index in [4.69, 9.17) is 0 Å². The van der Waals surface area contributed by atoms with E-state index in [0.717, 1.165) is 47.2 Å². The predicted molar refractivity (Wildman–Crippen MR) is 143 cm³/mol. The summed E-state index contributed by atoms with van der Waals surface area (Å²) < 4.78 is 2.65. The molecule has 4 rings (SSSR count). The van der Waals surface area contributed by atoms with Crippen molar-refractivity contribution >= 4 is 34.1 Å². The fourth-order valence-corrected chi connectivity index (χ4v) is 3.97. The third-order valence-electron chi connectivity index (χ3n) is 5.55. The first kappa shape index (κ1) is 24.6. The molecule has 2 heterocycles. The number of halogens is 1. The van der Waals surface area contributed by atoms with Crippen LogP contribution in [0.2, 0.25) is 0 Å². The van der Waals surface area contributed by atoms with Gasteiger partial charge in [0.2, 0.25) is 0 Å². The Morgan fingerprint density at radius 1 is 1.00 bits per heavy atom. The lowest BCUT2D eigenvalue weighted by Crippen LogP contribution is -2.21. The van der Waals surface area contributed by atoms with E-state index in [1.54, 1.807) is 16.9 Å². The summed E-state index contributed by atoms with van der Waals surface area (Å²) in [7, 11) is 0. The molecule has 0 aliphatic carbocycles. The summed E-state index contributed by atoms with van der Waals surface area (Å²) in [5, 5.41) is 17.7. The number of carboxylic acids is 1. The molecule has 0 spiro atoms. The minimum Gasteiger partial charge on any atom is -0.477 e. The van der Waals surface area contributed by atoms with Crippen molar-refractivity contribution < 1.29 is 9.90 Å². The molecule has 0 saturated heterocycles. The van der Waals surface area contributed by atoms with Crippen LogP contribution in [-0.4, -0.2) is 38.9 Å². The second-order valence-electron chi connectivity index (χ2n) is 8.14. The van der Waals surface area contributed by atoms with Crippen molar-refractivity contribution in [1.82, 2.24) is 20.1 Å². The standard InChI is InChI=1S/C28H27BrN4O2/c29-24-10-7-22(8-11-24)13-16-30-15-4-18-33-27(28(34)35)20-26(32-33)23-14-17-31-25(19-23)12-9-21-5-2-1-3-6-21/h1-3,5-12,14,17,19-20,30H,4,13,15-16,18H2,(H,34,35)/b12-9+. The highest BCUT2D eigenvalue weighted by Gasteiger charge is 2.15. The van der Waals surface area contributed by atoms with Gasteiger partial charge in [-0.1, -0.05) is 64.5 Å². The van der Waals surface area contributed by atoms with Crippen molar-refractivity contribution in [1.29, 1.82) is 0 Å². The molecule has 0 aliphatic heterocycles. The molecule has 2 N–H and O–H groups in total. The molecule has 0 saturated carbocycles. The van der Waals surface area contributed by atoms with E-state index in [1.165, 1.54) is 5.56 Å². The number of nitrogens with one attached hydrogen (secondary N) is 1. The molecule has 0 aliphatic rings. The number of aryl methyl sites for hydroxylation is 1. The molecule has 0 bridgehead atoms. The highest BCUT2D eigenvalue weighted by Crippen LogP contribution is 2.21. The smallest absolute Gasteiger partial charge is 0.354 e. The van der Waals surface area contributed by atoms with Crippen molar-refractivity contribution in [3.8, 4) is 11.3 Å². The van der Waals surface area contributed by atoms with Gasteiger partial charge in [0, 0.05) is 22.8 Å². The van der Waals surface area contributed by atoms with Gasteiger partial charge in [0.05, 0.1) is 11.4 Å². The summed E-state index contributed by atoms with van der Waals surface area (Å²) in [6.07, 6.45) is 7.38. The quantitative estimate of drug-likeness (QED) is 0.239. The molecular weight excluding hydrogens is 504 g/mol. The SMILES string of the molecule is O=C(O)c1cc(-c2ccnc(/C=C/c3ccccc3)c2)nn1CCCNCCc1ccc(Br)cc1. The molecule has 7 heteroatoms. The molecule has 0 radical (unpaired) electrons. The number of carboxylic acid groups (broad SMARTS) is 1. The zero-order valence-corrected chi connectivity index (χ0v) is 20.9. The number of pyridine rings is 1. The van der Waals surface area contributed by atoms with Crippen LogP contribution in [-0.2, 0) is 13.0 Å². The van der Waals surface area contributed by atoms with Crippen molar-refractivity contribution in [3.05, 3.63) is 106 Å². The first-order valence-corrected chi connectivity index (χ1v) is 12.3. The molecule has 4 aromatic rings. The summed E-state index contributed by atoms with van der Waals surface area (Å²) in [4.78, 5) is 16.2. The van der Waals surface area contributed by atoms with Crippen molar-refractivity contribution in [2.24, 2.45) is 0 Å². The fourth-order valence-electron chi connectivity index (χ4n) is 3.71. The summed E-state index contributed by atoms with van der Waals surface area (Å²) >= 11 is 3.45. The first-order chi connectivity index (χ1) is 17.1. The van der Waals surface area contributed by atoms with Crippen LogP contribution >= 0.6 is 15.9 Å². The molecule has 0 unspecified atom stereocenters. The van der Waals surface area contributed by atoms with Crippen molar-refractivity contribution in [2.45, 2.75) is 19.4 Å². The maximum absolute atomic E-state index is 11.8. The van der Waals surface area contributed by atoms with Crippen LogP contribution in [0.5, 0.6) is 0 Å². The monoisotopic (exact) mass is 530 g/mol. The highest BCUT2D eigenvalue weighted by molar-refractivity contribution is 9.10. The van der Waals surface area contributed by atoms with Gasteiger partial charge in [0.25, 0.3) is 0 Å². The molecule has 0 atom stereocenters. The zero-order chi connectivity index (χ0) is 24.5. The molecular formula is C28H27BrN4O2. The van der Waals surface area contributed by atoms with E-state index < -0.39 is 5.97 Å². The number of aromatic carboxylic acids is 1. The van der Waals surface area contributed by atoms with Crippen LogP contribution in [0.1, 0.15) is 33.7 Å². The van der Waals surface area contributed by atoms with Crippen molar-refractivity contribution in [2.75, 3.05) is 13.1 Å². The normalized spacial score (nSPS) is 11.2. The van der Waals surface area contributed by atoms with E-state index in [0.29, 0.717) is 12.2 Å². The van der Waals surface area contributed by atoms with E-state index in [-0.39, 0.29) is 5.69 Å². The number of aromatic nitrogens is 3. The van der Waals surface area contributed by atoms with Gasteiger partial charge in [0.1, 0.15) is 5.69 Å². The van der Waals surface area contributed by atoms with Gasteiger partial charge in [-0.25, -0.2) is 4.79 Å². The van der Waals surface area contributed by atoms with Gasteiger partial charge in [-0.05, 0) is 73.5 Å². The molecule has 178 valence electrons. The maximum atomic E-state index is 11.8. The summed E-state index contributed by atoms with van der Waals surface area (Å²) in [5.41, 5.74) is 4.80. The second-order valence-corrected chi connectivity index (χ2v) is 9.05. The average Bonchev–Trinajstić information content (AvgIpc) is 3.31. The minimum atomic E-state index is -0.981. The van der Waals surface area contributed by atoms with Crippen LogP contribution in [0.15, 0.2) is 83.5 Å². The number of rotatable bonds is 11. The highest BCUT2D eigenvalue weighted by atomic mass is 79.9. The van der Waals surface area contributed by atoms with E-state index in [2.05, 4.69) is 43.5 Å². The Bertz CT molecular complexity index is 1280. The zero-order valence-electron chi connectivity index (χ0n) is 19.3. The Morgan fingerprint density at radius 3 is 2.57 bits per heavy atom. The van der Waals surface area contributed by atoms with Gasteiger partial charge in [-0.3, -0.25) is 9.67 Å². The van der Waals surface area contributed by atoms with Crippen LogP contribution < -0.4 is 5.32 Å². The van der Waals surface area contributed by atoms with Gasteiger partial charge in [-0.15, -0.1) is 0 Å². The lowest BCUT2D eigenvalue weighted by Gasteiger charge is -2.07. The summed E-state index contributed by atoms with van der Waals surface area (Å²) in [5.74, 6) is -0.981. The Labute approximate surface area is 213 Å². The van der Waals surface area contributed by atoms with E-state index in [1.807, 2.05) is 66.7 Å². The van der Waals surface area contributed by atoms with Gasteiger partial charge in [0.15, 0.2) is 0 Å². The third-order valence-corrected chi connectivity index (χ3v) is 6.08. The van der Waals surface area contributed by atoms with Crippen LogP contribution in [0.25, 0.3) is 23.4 Å². The Kier molecular flexibility index (Phi) is 8.59. The number of hydrogen-bond acceptors (Lipinski definition) is 4. The predicted octanol–water partition coefficient (Wildman–Crippen LogP) is 5.80. The van der Waals surface area contributed by atoms with Gasteiger partial charge < -0.3 is 10.4 Å². The number of nitrogens with zero attached hydrogens (tertiary/aromatic N) is 3. The molecule has 0 amide bonds. The van der Waals surface area contributed by atoms with Crippen LogP contribution in [0.4, 0.5) is 0 Å². The second kappa shape index (κ2) is 12.2. The largest absolute Gasteiger partial charge is 0.477 e. The number of carbonyl (C=O) groups is 1. The lowest BCUT2D eigenvalue weighted by atomic mass is 10.1. The Balaban J connectivity index is 1.35. The molecule has 0 fully saturated rings. The van der Waals surface area contributed by atoms with Crippen molar-refractivity contribution in [3.63, 3.8) is 0 Å². The Hall–Kier alpha value is -3.55. The first-order valence-electron chi connectivity index (χ1n) is 11.5. The maximum Gasteiger partial charge on any atom is 0.354 e. The number of benzene rings is 2. The topological polar surface area (TPSA) is 80.0 Å².